The lowest BCUT2D eigenvalue weighted by Crippen LogP contribution is -2.16. The molecule has 2 aromatic heterocycles. The standard InChI is InChI=1S/C20H18N4O3/c1-27-20(26)16-6-2-3-7-17(16)24-19(25)18-9-8-15(13-23-18)22-12-14-5-4-10-21-11-14/h2-11,13,22H,12H2,1H3,(H,24,25). The summed E-state index contributed by atoms with van der Waals surface area (Å²) >= 11 is 0. The van der Waals surface area contributed by atoms with Gasteiger partial charge in [0, 0.05) is 18.9 Å². The zero-order valence-electron chi connectivity index (χ0n) is 14.7. The first kappa shape index (κ1) is 18.1. The lowest BCUT2D eigenvalue weighted by atomic mass is 10.1. The van der Waals surface area contributed by atoms with E-state index >= 15 is 0 Å². The minimum atomic E-state index is -0.520. The van der Waals surface area contributed by atoms with E-state index in [1.54, 1.807) is 55.0 Å². The van der Waals surface area contributed by atoms with Crippen molar-refractivity contribution in [3.63, 3.8) is 0 Å². The number of amides is 1. The van der Waals surface area contributed by atoms with Crippen molar-refractivity contribution in [1.82, 2.24) is 9.97 Å². The number of methoxy groups -OCH3 is 1. The molecule has 0 fully saturated rings. The third-order valence-corrected chi connectivity index (χ3v) is 3.80. The first-order valence-corrected chi connectivity index (χ1v) is 8.25. The predicted molar refractivity (Wildman–Crippen MR) is 102 cm³/mol. The van der Waals surface area contributed by atoms with E-state index < -0.39 is 11.9 Å². The average Bonchev–Trinajstić information content (AvgIpc) is 2.73. The number of pyridine rings is 2. The van der Waals surface area contributed by atoms with Crippen LogP contribution in [-0.4, -0.2) is 29.0 Å². The van der Waals surface area contributed by atoms with Crippen molar-refractivity contribution in [1.29, 1.82) is 0 Å². The molecule has 0 aliphatic heterocycles. The fourth-order valence-corrected chi connectivity index (χ4v) is 2.41. The summed E-state index contributed by atoms with van der Waals surface area (Å²) in [4.78, 5) is 32.4. The number of benzene rings is 1. The third-order valence-electron chi connectivity index (χ3n) is 3.80. The summed E-state index contributed by atoms with van der Waals surface area (Å²) in [5.74, 6) is -0.932. The highest BCUT2D eigenvalue weighted by molar-refractivity contribution is 6.07. The summed E-state index contributed by atoms with van der Waals surface area (Å²) < 4.78 is 4.72. The summed E-state index contributed by atoms with van der Waals surface area (Å²) in [5.41, 5.74) is 2.71. The Labute approximate surface area is 156 Å². The lowest BCUT2D eigenvalue weighted by Gasteiger charge is -2.10. The van der Waals surface area contributed by atoms with Crippen LogP contribution in [0, 0.1) is 0 Å². The van der Waals surface area contributed by atoms with E-state index in [4.69, 9.17) is 4.74 Å². The molecule has 0 spiro atoms. The van der Waals surface area contributed by atoms with Crippen LogP contribution < -0.4 is 10.6 Å². The van der Waals surface area contributed by atoms with Gasteiger partial charge in [-0.1, -0.05) is 18.2 Å². The fourth-order valence-electron chi connectivity index (χ4n) is 2.41. The number of nitrogens with zero attached hydrogens (tertiary/aromatic N) is 2. The Morgan fingerprint density at radius 2 is 1.89 bits per heavy atom. The van der Waals surface area contributed by atoms with Crippen molar-refractivity contribution in [2.24, 2.45) is 0 Å². The van der Waals surface area contributed by atoms with Crippen molar-refractivity contribution in [3.05, 3.63) is 83.9 Å². The van der Waals surface area contributed by atoms with Gasteiger partial charge in [-0.15, -0.1) is 0 Å². The number of aromatic nitrogens is 2. The Bertz CT molecular complexity index is 927. The van der Waals surface area contributed by atoms with E-state index in [2.05, 4.69) is 20.6 Å². The lowest BCUT2D eigenvalue weighted by molar-refractivity contribution is 0.0602. The van der Waals surface area contributed by atoms with Gasteiger partial charge in [-0.25, -0.2) is 9.78 Å². The van der Waals surface area contributed by atoms with Gasteiger partial charge in [-0.05, 0) is 35.9 Å². The second-order valence-corrected chi connectivity index (χ2v) is 5.64. The molecule has 7 nitrogen and oxygen atoms in total. The summed E-state index contributed by atoms with van der Waals surface area (Å²) in [6.07, 6.45) is 5.08. The molecule has 3 rings (SSSR count). The highest BCUT2D eigenvalue weighted by atomic mass is 16.5. The van der Waals surface area contributed by atoms with Crippen LogP contribution in [0.15, 0.2) is 67.1 Å². The quantitative estimate of drug-likeness (QED) is 0.655. The fraction of sp³-hybridized carbons (Fsp3) is 0.100. The number of nitrogens with one attached hydrogen (secondary N) is 2. The van der Waals surface area contributed by atoms with Crippen molar-refractivity contribution in [2.75, 3.05) is 17.7 Å². The molecule has 2 N–H and O–H groups in total. The molecule has 7 heteroatoms. The van der Waals surface area contributed by atoms with Crippen LogP contribution >= 0.6 is 0 Å². The van der Waals surface area contributed by atoms with Crippen LogP contribution in [0.5, 0.6) is 0 Å². The van der Waals surface area contributed by atoms with Crippen molar-refractivity contribution in [2.45, 2.75) is 6.54 Å². The maximum atomic E-state index is 12.4. The number of hydrogen-bond acceptors (Lipinski definition) is 6. The van der Waals surface area contributed by atoms with Gasteiger partial charge >= 0.3 is 5.97 Å². The molecule has 0 bridgehead atoms. The van der Waals surface area contributed by atoms with Crippen molar-refractivity contribution >= 4 is 23.3 Å². The molecule has 1 aromatic carbocycles. The molecular weight excluding hydrogens is 344 g/mol. The van der Waals surface area contributed by atoms with Crippen LogP contribution in [0.25, 0.3) is 0 Å². The minimum Gasteiger partial charge on any atom is -0.465 e. The molecular formula is C20H18N4O3. The van der Waals surface area contributed by atoms with Crippen LogP contribution in [0.3, 0.4) is 0 Å². The first-order chi connectivity index (χ1) is 13.2. The van der Waals surface area contributed by atoms with E-state index in [0.717, 1.165) is 11.3 Å². The van der Waals surface area contributed by atoms with Gasteiger partial charge in [0.15, 0.2) is 0 Å². The molecule has 0 atom stereocenters. The molecule has 2 heterocycles. The number of ether oxygens (including phenoxy) is 1. The Hall–Kier alpha value is -3.74. The third kappa shape index (κ3) is 4.66. The van der Waals surface area contributed by atoms with E-state index in [0.29, 0.717) is 12.2 Å². The number of carbonyl (C=O) groups is 2. The van der Waals surface area contributed by atoms with Gasteiger partial charge in [0.25, 0.3) is 5.91 Å². The Morgan fingerprint density at radius 3 is 2.59 bits per heavy atom. The van der Waals surface area contributed by atoms with Crippen LogP contribution in [-0.2, 0) is 11.3 Å². The van der Waals surface area contributed by atoms with E-state index in [1.165, 1.54) is 7.11 Å². The maximum Gasteiger partial charge on any atom is 0.339 e. The second-order valence-electron chi connectivity index (χ2n) is 5.64. The zero-order chi connectivity index (χ0) is 19.1. The molecule has 27 heavy (non-hydrogen) atoms. The Balaban J connectivity index is 1.65. The maximum absolute atomic E-state index is 12.4. The van der Waals surface area contributed by atoms with Gasteiger partial charge in [0.05, 0.1) is 30.2 Å². The van der Waals surface area contributed by atoms with E-state index in [-0.39, 0.29) is 11.3 Å². The summed E-state index contributed by atoms with van der Waals surface area (Å²) in [5, 5.41) is 5.90. The zero-order valence-corrected chi connectivity index (χ0v) is 14.7. The number of esters is 1. The average molecular weight is 362 g/mol. The van der Waals surface area contributed by atoms with Gasteiger partial charge in [0.2, 0.25) is 0 Å². The van der Waals surface area contributed by atoms with Gasteiger partial charge in [-0.3, -0.25) is 9.78 Å². The number of para-hydroxylation sites is 1. The monoisotopic (exact) mass is 362 g/mol. The molecule has 0 saturated heterocycles. The number of rotatable bonds is 6. The number of hydrogen-bond donors (Lipinski definition) is 2. The smallest absolute Gasteiger partial charge is 0.339 e. The molecule has 0 unspecified atom stereocenters. The normalized spacial score (nSPS) is 10.1. The van der Waals surface area contributed by atoms with Crippen LogP contribution in [0.2, 0.25) is 0 Å². The first-order valence-electron chi connectivity index (χ1n) is 8.25. The van der Waals surface area contributed by atoms with E-state index in [9.17, 15) is 9.59 Å². The SMILES string of the molecule is COC(=O)c1ccccc1NC(=O)c1ccc(NCc2cccnc2)cn1. The molecule has 3 aromatic rings. The van der Waals surface area contributed by atoms with Gasteiger partial charge in [-0.2, -0.15) is 0 Å². The summed E-state index contributed by atoms with van der Waals surface area (Å²) in [6, 6.07) is 13.9. The molecule has 0 radical (unpaired) electrons. The second kappa shape index (κ2) is 8.57. The summed E-state index contributed by atoms with van der Waals surface area (Å²) in [7, 11) is 1.29. The van der Waals surface area contributed by atoms with Crippen LogP contribution in [0.1, 0.15) is 26.4 Å². The summed E-state index contributed by atoms with van der Waals surface area (Å²) in [6.45, 7) is 0.605. The molecule has 136 valence electrons. The van der Waals surface area contributed by atoms with Gasteiger partial charge in [0.1, 0.15) is 5.69 Å². The van der Waals surface area contributed by atoms with E-state index in [1.807, 2.05) is 12.1 Å². The van der Waals surface area contributed by atoms with Crippen LogP contribution in [0.4, 0.5) is 11.4 Å². The molecule has 0 aliphatic rings. The number of anilines is 2. The molecule has 1 amide bonds. The Morgan fingerprint density at radius 1 is 1.04 bits per heavy atom. The largest absolute Gasteiger partial charge is 0.465 e. The van der Waals surface area contributed by atoms with Gasteiger partial charge < -0.3 is 15.4 Å². The highest BCUT2D eigenvalue weighted by Crippen LogP contribution is 2.17. The minimum absolute atomic E-state index is 0.238. The van der Waals surface area contributed by atoms with Crippen molar-refractivity contribution in [3.8, 4) is 0 Å². The highest BCUT2D eigenvalue weighted by Gasteiger charge is 2.14. The topological polar surface area (TPSA) is 93.2 Å². The molecule has 0 saturated carbocycles. The predicted octanol–water partition coefficient (Wildman–Crippen LogP) is 3.13. The number of carbonyl (C=O) groups excluding carboxylic acids is 2. The Kier molecular flexibility index (Phi) is 5.73. The molecule has 0 aliphatic carbocycles. The van der Waals surface area contributed by atoms with Crippen molar-refractivity contribution < 1.29 is 14.3 Å².